The summed E-state index contributed by atoms with van der Waals surface area (Å²) >= 11 is 1.69. The Morgan fingerprint density at radius 3 is 2.50 bits per heavy atom. The summed E-state index contributed by atoms with van der Waals surface area (Å²) in [5, 5.41) is 10.5. The Balaban J connectivity index is 1.86. The lowest BCUT2D eigenvalue weighted by Gasteiger charge is -2.18. The average Bonchev–Trinajstić information content (AvgIpc) is 2.62. The number of rotatable bonds is 5. The van der Waals surface area contributed by atoms with Crippen molar-refractivity contribution in [2.45, 2.75) is 52.1 Å². The number of thiazole rings is 1. The Labute approximate surface area is 114 Å². The summed E-state index contributed by atoms with van der Waals surface area (Å²) in [7, 11) is 0. The van der Waals surface area contributed by atoms with Crippen LogP contribution in [-0.4, -0.2) is 34.6 Å². The van der Waals surface area contributed by atoms with Gasteiger partial charge in [0.1, 0.15) is 0 Å². The van der Waals surface area contributed by atoms with Crippen LogP contribution in [0.25, 0.3) is 0 Å². The predicted molar refractivity (Wildman–Crippen MR) is 76.0 cm³/mol. The summed E-state index contributed by atoms with van der Waals surface area (Å²) in [6, 6.07) is 0. The molecule has 1 saturated heterocycles. The molecule has 0 atom stereocenters. The molecule has 0 amide bonds. The van der Waals surface area contributed by atoms with Crippen LogP contribution in [-0.2, 0) is 19.4 Å². The number of likely N-dealkylation sites (tertiary alicyclic amines) is 1. The van der Waals surface area contributed by atoms with Gasteiger partial charge in [0.05, 0.1) is 22.2 Å². The summed E-state index contributed by atoms with van der Waals surface area (Å²) in [6.07, 6.45) is 7.44. The predicted octanol–water partition coefficient (Wildman–Crippen LogP) is 2.62. The van der Waals surface area contributed by atoms with Gasteiger partial charge in [-0.2, -0.15) is 0 Å². The van der Waals surface area contributed by atoms with Crippen molar-refractivity contribution in [1.82, 2.24) is 9.88 Å². The molecule has 0 radical (unpaired) electrons. The fourth-order valence-corrected chi connectivity index (χ4v) is 3.56. The highest BCUT2D eigenvalue weighted by Crippen LogP contribution is 2.20. The third kappa shape index (κ3) is 3.77. The van der Waals surface area contributed by atoms with Gasteiger partial charge in [-0.15, -0.1) is 11.3 Å². The first kappa shape index (κ1) is 14.0. The molecule has 1 aromatic rings. The molecule has 2 rings (SSSR count). The first-order valence-electron chi connectivity index (χ1n) is 7.14. The molecular formula is C14H24N2OS. The summed E-state index contributed by atoms with van der Waals surface area (Å²) in [6.45, 7) is 5.87. The van der Waals surface area contributed by atoms with E-state index in [2.05, 4.69) is 16.8 Å². The zero-order valence-electron chi connectivity index (χ0n) is 11.3. The van der Waals surface area contributed by atoms with Gasteiger partial charge >= 0.3 is 0 Å². The van der Waals surface area contributed by atoms with Gasteiger partial charge in [0.15, 0.2) is 0 Å². The minimum Gasteiger partial charge on any atom is -0.391 e. The highest BCUT2D eigenvalue weighted by atomic mass is 32.1. The van der Waals surface area contributed by atoms with Crippen LogP contribution in [0, 0.1) is 0 Å². The van der Waals surface area contributed by atoms with Crippen LogP contribution in [0.2, 0.25) is 0 Å². The summed E-state index contributed by atoms with van der Waals surface area (Å²) in [5.41, 5.74) is 1.09. The van der Waals surface area contributed by atoms with Gasteiger partial charge in [0.2, 0.25) is 0 Å². The second kappa shape index (κ2) is 7.22. The second-order valence-corrected chi connectivity index (χ2v) is 6.16. The molecule has 0 aromatic carbocycles. The monoisotopic (exact) mass is 268 g/mol. The molecule has 0 bridgehead atoms. The highest BCUT2D eigenvalue weighted by molar-refractivity contribution is 7.11. The van der Waals surface area contributed by atoms with Gasteiger partial charge in [-0.05, 0) is 32.4 Å². The Morgan fingerprint density at radius 1 is 1.22 bits per heavy atom. The average molecular weight is 268 g/mol. The Morgan fingerprint density at radius 2 is 1.94 bits per heavy atom. The molecular weight excluding hydrogens is 244 g/mol. The second-order valence-electron chi connectivity index (χ2n) is 4.99. The van der Waals surface area contributed by atoms with Crippen LogP contribution in [0.5, 0.6) is 0 Å². The number of hydrogen-bond acceptors (Lipinski definition) is 4. The van der Waals surface area contributed by atoms with Gasteiger partial charge in [0.25, 0.3) is 0 Å². The number of aliphatic hydroxyl groups excluding tert-OH is 1. The summed E-state index contributed by atoms with van der Waals surface area (Å²) in [4.78, 5) is 8.27. The molecule has 0 spiro atoms. The zero-order valence-corrected chi connectivity index (χ0v) is 12.1. The van der Waals surface area contributed by atoms with Crippen molar-refractivity contribution in [3.63, 3.8) is 0 Å². The van der Waals surface area contributed by atoms with E-state index >= 15 is 0 Å². The first-order chi connectivity index (χ1) is 8.83. The van der Waals surface area contributed by atoms with Gasteiger partial charge in [-0.25, -0.2) is 4.98 Å². The number of aryl methyl sites for hydroxylation is 1. The van der Waals surface area contributed by atoms with Crippen LogP contribution in [0.3, 0.4) is 0 Å². The van der Waals surface area contributed by atoms with E-state index < -0.39 is 0 Å². The van der Waals surface area contributed by atoms with Crippen LogP contribution in [0.4, 0.5) is 0 Å². The van der Waals surface area contributed by atoms with E-state index in [9.17, 15) is 5.11 Å². The van der Waals surface area contributed by atoms with Crippen molar-refractivity contribution in [3.8, 4) is 0 Å². The van der Waals surface area contributed by atoms with Gasteiger partial charge < -0.3 is 10.0 Å². The van der Waals surface area contributed by atoms with E-state index in [-0.39, 0.29) is 6.61 Å². The van der Waals surface area contributed by atoms with E-state index in [1.807, 2.05) is 0 Å². The van der Waals surface area contributed by atoms with E-state index in [1.165, 1.54) is 43.8 Å². The molecule has 1 aromatic heterocycles. The smallest absolute Gasteiger partial charge is 0.0944 e. The molecule has 0 aliphatic carbocycles. The first-order valence-corrected chi connectivity index (χ1v) is 7.95. The van der Waals surface area contributed by atoms with Crippen molar-refractivity contribution < 1.29 is 5.11 Å². The third-order valence-electron chi connectivity index (χ3n) is 3.64. The number of aromatic nitrogens is 1. The van der Waals surface area contributed by atoms with Gasteiger partial charge in [0, 0.05) is 13.0 Å². The number of hydrogen-bond donors (Lipinski definition) is 1. The maximum atomic E-state index is 9.28. The minimum absolute atomic E-state index is 0.143. The molecule has 2 heterocycles. The summed E-state index contributed by atoms with van der Waals surface area (Å²) in [5.74, 6) is 0. The molecule has 3 nitrogen and oxygen atoms in total. The topological polar surface area (TPSA) is 36.4 Å². The molecule has 1 aliphatic heterocycles. The molecule has 1 fully saturated rings. The molecule has 1 N–H and O–H groups in total. The van der Waals surface area contributed by atoms with E-state index in [0.29, 0.717) is 0 Å². The van der Waals surface area contributed by atoms with Crippen LogP contribution < -0.4 is 0 Å². The SMILES string of the molecule is CCc1nc(CCN2CCCCCC2)sc1CO. The fourth-order valence-electron chi connectivity index (χ4n) is 2.56. The van der Waals surface area contributed by atoms with Gasteiger partial charge in [-0.3, -0.25) is 0 Å². The Kier molecular flexibility index (Phi) is 5.60. The van der Waals surface area contributed by atoms with Crippen molar-refractivity contribution in [3.05, 3.63) is 15.6 Å². The van der Waals surface area contributed by atoms with Crippen molar-refractivity contribution >= 4 is 11.3 Å². The van der Waals surface area contributed by atoms with Crippen LogP contribution in [0.15, 0.2) is 0 Å². The number of aliphatic hydroxyl groups is 1. The quantitative estimate of drug-likeness (QED) is 0.892. The van der Waals surface area contributed by atoms with E-state index in [4.69, 9.17) is 0 Å². The fraction of sp³-hybridized carbons (Fsp3) is 0.786. The molecule has 1 aliphatic rings. The largest absolute Gasteiger partial charge is 0.391 e. The van der Waals surface area contributed by atoms with Gasteiger partial charge in [-0.1, -0.05) is 19.8 Å². The standard InChI is InChI=1S/C14H24N2OS/c1-2-12-13(11-17)18-14(15-12)7-10-16-8-5-3-4-6-9-16/h17H,2-11H2,1H3. The number of nitrogens with zero attached hydrogens (tertiary/aromatic N) is 2. The maximum absolute atomic E-state index is 9.28. The summed E-state index contributed by atoms with van der Waals surface area (Å²) < 4.78 is 0. The molecule has 4 heteroatoms. The Bertz CT molecular complexity index is 335. The van der Waals surface area contributed by atoms with Crippen molar-refractivity contribution in [1.29, 1.82) is 0 Å². The zero-order chi connectivity index (χ0) is 12.8. The van der Waals surface area contributed by atoms with E-state index in [1.54, 1.807) is 11.3 Å². The normalized spacial score (nSPS) is 17.9. The van der Waals surface area contributed by atoms with Crippen molar-refractivity contribution in [2.24, 2.45) is 0 Å². The molecule has 0 unspecified atom stereocenters. The lowest BCUT2D eigenvalue weighted by molar-refractivity contribution is 0.284. The van der Waals surface area contributed by atoms with E-state index in [0.717, 1.165) is 30.0 Å². The maximum Gasteiger partial charge on any atom is 0.0944 e. The van der Waals surface area contributed by atoms with Crippen LogP contribution in [0.1, 0.15) is 48.2 Å². The lowest BCUT2D eigenvalue weighted by atomic mass is 10.2. The van der Waals surface area contributed by atoms with Crippen molar-refractivity contribution in [2.75, 3.05) is 19.6 Å². The lowest BCUT2D eigenvalue weighted by Crippen LogP contribution is -2.26. The molecule has 102 valence electrons. The molecule has 0 saturated carbocycles. The third-order valence-corrected chi connectivity index (χ3v) is 4.78. The minimum atomic E-state index is 0.143. The molecule has 18 heavy (non-hydrogen) atoms. The Hall–Kier alpha value is -0.450. The highest BCUT2D eigenvalue weighted by Gasteiger charge is 2.12. The van der Waals surface area contributed by atoms with Crippen LogP contribution >= 0.6 is 11.3 Å².